The van der Waals surface area contributed by atoms with Gasteiger partial charge in [0.05, 0.1) is 12.2 Å². The van der Waals surface area contributed by atoms with Crippen LogP contribution in [-0.4, -0.2) is 10.4 Å². The van der Waals surface area contributed by atoms with Crippen LogP contribution in [0.1, 0.15) is 21.6 Å². The quantitative estimate of drug-likeness (QED) is 0.367. The van der Waals surface area contributed by atoms with E-state index in [0.29, 0.717) is 12.2 Å². The zero-order valence-corrected chi connectivity index (χ0v) is 15.2. The SMILES string of the molecule is O=C(C#Cc1ccccc1)c1cc2ccccc2n1CC#Cc1ccccc1. The van der Waals surface area contributed by atoms with Crippen LogP contribution in [0.4, 0.5) is 0 Å². The van der Waals surface area contributed by atoms with Crippen LogP contribution < -0.4 is 0 Å². The topological polar surface area (TPSA) is 22.0 Å². The molecule has 2 heteroatoms. The Kier molecular flexibility index (Phi) is 5.05. The molecule has 0 N–H and O–H groups in total. The lowest BCUT2D eigenvalue weighted by atomic mass is 10.2. The molecule has 0 saturated carbocycles. The summed E-state index contributed by atoms with van der Waals surface area (Å²) in [5, 5.41) is 1.01. The van der Waals surface area contributed by atoms with Gasteiger partial charge in [0.25, 0.3) is 5.78 Å². The van der Waals surface area contributed by atoms with Crippen molar-refractivity contribution in [3.63, 3.8) is 0 Å². The number of Topliss-reactive ketones (excluding diaryl/α,β-unsaturated/α-hetero) is 1. The molecule has 0 radical (unpaired) electrons. The number of hydrogen-bond donors (Lipinski definition) is 0. The molecule has 0 aliphatic carbocycles. The molecule has 132 valence electrons. The minimum atomic E-state index is -0.207. The summed E-state index contributed by atoms with van der Waals surface area (Å²) >= 11 is 0. The first-order valence-corrected chi connectivity index (χ1v) is 9.05. The predicted octanol–water partition coefficient (Wildman–Crippen LogP) is 4.93. The van der Waals surface area contributed by atoms with Gasteiger partial charge in [0.15, 0.2) is 0 Å². The minimum absolute atomic E-state index is 0.207. The van der Waals surface area contributed by atoms with Gasteiger partial charge in [-0.1, -0.05) is 72.4 Å². The predicted molar refractivity (Wildman–Crippen MR) is 113 cm³/mol. The zero-order chi connectivity index (χ0) is 19.2. The summed E-state index contributed by atoms with van der Waals surface area (Å²) in [6, 6.07) is 29.2. The van der Waals surface area contributed by atoms with Crippen molar-refractivity contribution in [3.8, 4) is 23.7 Å². The summed E-state index contributed by atoms with van der Waals surface area (Å²) < 4.78 is 1.94. The van der Waals surface area contributed by atoms with E-state index < -0.39 is 0 Å². The number of hydrogen-bond acceptors (Lipinski definition) is 1. The number of fused-ring (bicyclic) bond motifs is 1. The van der Waals surface area contributed by atoms with Gasteiger partial charge in [0, 0.05) is 22.0 Å². The summed E-state index contributed by atoms with van der Waals surface area (Å²) in [7, 11) is 0. The molecule has 1 heterocycles. The van der Waals surface area contributed by atoms with E-state index >= 15 is 0 Å². The van der Waals surface area contributed by atoms with Crippen LogP contribution in [0, 0.1) is 23.7 Å². The largest absolute Gasteiger partial charge is 0.325 e. The monoisotopic (exact) mass is 359 g/mol. The fourth-order valence-corrected chi connectivity index (χ4v) is 3.03. The first kappa shape index (κ1) is 17.4. The summed E-state index contributed by atoms with van der Waals surface area (Å²) in [5.74, 6) is 11.8. The van der Waals surface area contributed by atoms with Gasteiger partial charge in [-0.2, -0.15) is 0 Å². The molecule has 0 spiro atoms. The third-order valence-electron chi connectivity index (χ3n) is 4.38. The fraction of sp³-hybridized carbons (Fsp3) is 0.0385. The molecule has 28 heavy (non-hydrogen) atoms. The van der Waals surface area contributed by atoms with Crippen molar-refractivity contribution in [2.45, 2.75) is 6.54 Å². The van der Waals surface area contributed by atoms with Crippen molar-refractivity contribution < 1.29 is 4.79 Å². The molecule has 0 amide bonds. The van der Waals surface area contributed by atoms with Gasteiger partial charge in [0.1, 0.15) is 0 Å². The van der Waals surface area contributed by atoms with E-state index in [4.69, 9.17) is 0 Å². The second-order valence-corrected chi connectivity index (χ2v) is 6.29. The van der Waals surface area contributed by atoms with Gasteiger partial charge >= 0.3 is 0 Å². The number of para-hydroxylation sites is 1. The average Bonchev–Trinajstić information content (AvgIpc) is 3.12. The lowest BCUT2D eigenvalue weighted by Crippen LogP contribution is -2.07. The number of aromatic nitrogens is 1. The van der Waals surface area contributed by atoms with Crippen LogP contribution in [0.5, 0.6) is 0 Å². The molecular weight excluding hydrogens is 342 g/mol. The molecule has 0 unspecified atom stereocenters. The Morgan fingerprint density at radius 3 is 2.07 bits per heavy atom. The molecule has 3 aromatic carbocycles. The molecule has 0 fully saturated rings. The van der Waals surface area contributed by atoms with Crippen molar-refractivity contribution in [3.05, 3.63) is 108 Å². The molecule has 0 saturated heterocycles. The third-order valence-corrected chi connectivity index (χ3v) is 4.38. The van der Waals surface area contributed by atoms with E-state index in [2.05, 4.69) is 23.7 Å². The number of ketones is 1. The Morgan fingerprint density at radius 2 is 1.36 bits per heavy atom. The number of rotatable bonds is 2. The summed E-state index contributed by atoms with van der Waals surface area (Å²) in [6.45, 7) is 0.427. The lowest BCUT2D eigenvalue weighted by molar-refractivity contribution is 0.104. The molecular formula is C26H17NO. The maximum absolute atomic E-state index is 12.8. The first-order valence-electron chi connectivity index (χ1n) is 9.05. The maximum Gasteiger partial charge on any atom is 0.252 e. The van der Waals surface area contributed by atoms with Gasteiger partial charge < -0.3 is 4.57 Å². The highest BCUT2D eigenvalue weighted by Crippen LogP contribution is 2.20. The van der Waals surface area contributed by atoms with E-state index in [1.54, 1.807) is 0 Å². The Hall–Kier alpha value is -4.01. The first-order chi connectivity index (χ1) is 13.8. The van der Waals surface area contributed by atoms with Crippen molar-refractivity contribution in [2.75, 3.05) is 0 Å². The molecule has 2 nitrogen and oxygen atoms in total. The van der Waals surface area contributed by atoms with Crippen LogP contribution >= 0.6 is 0 Å². The van der Waals surface area contributed by atoms with Gasteiger partial charge in [-0.25, -0.2) is 0 Å². The normalized spacial score (nSPS) is 9.86. The van der Waals surface area contributed by atoms with E-state index in [9.17, 15) is 4.79 Å². The van der Waals surface area contributed by atoms with E-state index in [0.717, 1.165) is 22.0 Å². The minimum Gasteiger partial charge on any atom is -0.325 e. The fourth-order valence-electron chi connectivity index (χ4n) is 3.03. The van der Waals surface area contributed by atoms with Crippen molar-refractivity contribution in [2.24, 2.45) is 0 Å². The second-order valence-electron chi connectivity index (χ2n) is 6.29. The highest BCUT2D eigenvalue weighted by Gasteiger charge is 2.13. The Balaban J connectivity index is 1.68. The van der Waals surface area contributed by atoms with Gasteiger partial charge in [-0.05, 0) is 42.3 Å². The van der Waals surface area contributed by atoms with Crippen LogP contribution in [-0.2, 0) is 6.54 Å². The molecule has 4 rings (SSSR count). The molecule has 0 atom stereocenters. The van der Waals surface area contributed by atoms with Crippen LogP contribution in [0.25, 0.3) is 10.9 Å². The Bertz CT molecular complexity index is 1240. The number of benzene rings is 3. The smallest absolute Gasteiger partial charge is 0.252 e. The molecule has 0 aliphatic rings. The summed E-state index contributed by atoms with van der Waals surface area (Å²) in [4.78, 5) is 12.8. The zero-order valence-electron chi connectivity index (χ0n) is 15.2. The highest BCUT2D eigenvalue weighted by atomic mass is 16.1. The Labute approximate surface area is 164 Å². The summed E-state index contributed by atoms with van der Waals surface area (Å²) in [5.41, 5.74) is 3.32. The third kappa shape index (κ3) is 3.88. The summed E-state index contributed by atoms with van der Waals surface area (Å²) in [6.07, 6.45) is 0. The molecule has 0 bridgehead atoms. The van der Waals surface area contributed by atoms with Crippen molar-refractivity contribution >= 4 is 16.7 Å². The second kappa shape index (κ2) is 8.12. The number of nitrogens with zero attached hydrogens (tertiary/aromatic N) is 1. The van der Waals surface area contributed by atoms with Crippen LogP contribution in [0.15, 0.2) is 91.0 Å². The highest BCUT2D eigenvalue weighted by molar-refractivity contribution is 6.10. The maximum atomic E-state index is 12.8. The van der Waals surface area contributed by atoms with Gasteiger partial charge in [0.2, 0.25) is 0 Å². The Morgan fingerprint density at radius 1 is 0.750 bits per heavy atom. The van der Waals surface area contributed by atoms with E-state index in [1.165, 1.54) is 0 Å². The number of carbonyl (C=O) groups is 1. The van der Waals surface area contributed by atoms with Crippen molar-refractivity contribution in [1.82, 2.24) is 4.57 Å². The van der Waals surface area contributed by atoms with Crippen molar-refractivity contribution in [1.29, 1.82) is 0 Å². The van der Waals surface area contributed by atoms with Gasteiger partial charge in [-0.3, -0.25) is 4.79 Å². The lowest BCUT2D eigenvalue weighted by Gasteiger charge is -2.03. The van der Waals surface area contributed by atoms with Crippen LogP contribution in [0.3, 0.4) is 0 Å². The molecule has 1 aromatic heterocycles. The van der Waals surface area contributed by atoms with E-state index in [1.807, 2.05) is 95.6 Å². The average molecular weight is 359 g/mol. The molecule has 4 aromatic rings. The standard InChI is InChI=1S/C26H17NO/c28-26(18-17-22-12-5-2-6-13-22)25-20-23-15-7-8-16-24(23)27(25)19-9-14-21-10-3-1-4-11-21/h1-8,10-13,15-16,20H,19H2. The number of carbonyl (C=O) groups excluding carboxylic acids is 1. The molecule has 0 aliphatic heterocycles. The van der Waals surface area contributed by atoms with Gasteiger partial charge in [-0.15, -0.1) is 0 Å². The van der Waals surface area contributed by atoms with Crippen LogP contribution in [0.2, 0.25) is 0 Å². The van der Waals surface area contributed by atoms with E-state index in [-0.39, 0.29) is 5.78 Å².